The molecule has 32 heavy (non-hydrogen) atoms. The summed E-state index contributed by atoms with van der Waals surface area (Å²) in [5.74, 6) is 0.166. The molecule has 0 aliphatic heterocycles. The molecular weight excluding hydrogens is 400 g/mol. The van der Waals surface area contributed by atoms with Gasteiger partial charge in [0.05, 0.1) is 0 Å². The molecule has 4 aromatic rings. The second kappa shape index (κ2) is 9.35. The monoisotopic (exact) mass is 424 g/mol. The van der Waals surface area contributed by atoms with Crippen molar-refractivity contribution in [1.82, 2.24) is 0 Å². The molecule has 1 aromatic heterocycles. The average Bonchev–Trinajstić information content (AvgIpc) is 3.24. The van der Waals surface area contributed by atoms with E-state index >= 15 is 0 Å². The third kappa shape index (κ3) is 5.13. The van der Waals surface area contributed by atoms with Gasteiger partial charge in [-0.3, -0.25) is 9.59 Å². The summed E-state index contributed by atoms with van der Waals surface area (Å²) in [5.41, 5.74) is 4.14. The standard InChI is InChI=1S/C27H24N2O3/c1-18(2)20-10-7-19(8-11-20)9-16-26(30)28-22-12-14-23(15-13-22)29-27(31)25-17-21-5-3-4-6-24(21)32-25/h3-18H,1-2H3,(H,28,30)(H,29,31)/b16-9+. The molecular formula is C27H24N2O3. The van der Waals surface area contributed by atoms with Gasteiger partial charge in [0, 0.05) is 22.8 Å². The molecule has 5 heteroatoms. The summed E-state index contributed by atoms with van der Waals surface area (Å²) in [6.07, 6.45) is 3.28. The summed E-state index contributed by atoms with van der Waals surface area (Å²) >= 11 is 0. The van der Waals surface area contributed by atoms with E-state index in [0.29, 0.717) is 22.9 Å². The highest BCUT2D eigenvalue weighted by Gasteiger charge is 2.12. The van der Waals surface area contributed by atoms with Crippen LogP contribution in [0.15, 0.2) is 89.4 Å². The van der Waals surface area contributed by atoms with E-state index in [0.717, 1.165) is 10.9 Å². The zero-order chi connectivity index (χ0) is 22.5. The number of carbonyl (C=O) groups is 2. The van der Waals surface area contributed by atoms with E-state index in [9.17, 15) is 9.59 Å². The summed E-state index contributed by atoms with van der Waals surface area (Å²) in [4.78, 5) is 24.7. The third-order valence-corrected chi connectivity index (χ3v) is 5.09. The van der Waals surface area contributed by atoms with Crippen molar-refractivity contribution in [2.75, 3.05) is 10.6 Å². The SMILES string of the molecule is CC(C)c1ccc(/C=C/C(=O)Nc2ccc(NC(=O)c3cc4ccccc4o3)cc2)cc1. The van der Waals surface area contributed by atoms with Gasteiger partial charge in [-0.25, -0.2) is 0 Å². The molecule has 0 spiro atoms. The van der Waals surface area contributed by atoms with Gasteiger partial charge in [0.15, 0.2) is 5.76 Å². The van der Waals surface area contributed by atoms with Crippen molar-refractivity contribution in [3.63, 3.8) is 0 Å². The summed E-state index contributed by atoms with van der Waals surface area (Å²) in [5, 5.41) is 6.49. The molecule has 0 saturated carbocycles. The second-order valence-electron chi connectivity index (χ2n) is 7.82. The molecule has 0 bridgehead atoms. The van der Waals surface area contributed by atoms with Crippen LogP contribution in [0.3, 0.4) is 0 Å². The Morgan fingerprint density at radius 3 is 2.16 bits per heavy atom. The number of benzene rings is 3. The van der Waals surface area contributed by atoms with Gasteiger partial charge in [0.25, 0.3) is 5.91 Å². The predicted molar refractivity (Wildman–Crippen MR) is 129 cm³/mol. The average molecular weight is 425 g/mol. The van der Waals surface area contributed by atoms with Gasteiger partial charge in [-0.15, -0.1) is 0 Å². The second-order valence-corrected chi connectivity index (χ2v) is 7.82. The molecule has 2 amide bonds. The number of hydrogen-bond donors (Lipinski definition) is 2. The van der Waals surface area contributed by atoms with Gasteiger partial charge in [0.2, 0.25) is 5.91 Å². The van der Waals surface area contributed by atoms with E-state index in [1.807, 2.05) is 36.4 Å². The Labute approximate surface area is 186 Å². The number of fused-ring (bicyclic) bond motifs is 1. The van der Waals surface area contributed by atoms with Crippen molar-refractivity contribution >= 4 is 40.2 Å². The van der Waals surface area contributed by atoms with Crippen molar-refractivity contribution in [1.29, 1.82) is 0 Å². The van der Waals surface area contributed by atoms with Crippen LogP contribution in [-0.4, -0.2) is 11.8 Å². The molecule has 0 fully saturated rings. The van der Waals surface area contributed by atoms with Crippen LogP contribution in [0.25, 0.3) is 17.0 Å². The molecule has 5 nitrogen and oxygen atoms in total. The van der Waals surface area contributed by atoms with Crippen LogP contribution in [0.1, 0.15) is 41.4 Å². The summed E-state index contributed by atoms with van der Waals surface area (Å²) in [6.45, 7) is 4.29. The number of nitrogens with one attached hydrogen (secondary N) is 2. The molecule has 1 heterocycles. The molecule has 0 radical (unpaired) electrons. The van der Waals surface area contributed by atoms with Crippen LogP contribution in [0.4, 0.5) is 11.4 Å². The lowest BCUT2D eigenvalue weighted by molar-refractivity contribution is -0.111. The number of para-hydroxylation sites is 1. The Balaban J connectivity index is 1.33. The van der Waals surface area contributed by atoms with Gasteiger partial charge < -0.3 is 15.1 Å². The Morgan fingerprint density at radius 2 is 1.50 bits per heavy atom. The summed E-state index contributed by atoms with van der Waals surface area (Å²) in [7, 11) is 0. The first-order valence-electron chi connectivity index (χ1n) is 10.5. The van der Waals surface area contributed by atoms with E-state index in [1.54, 1.807) is 36.4 Å². The fourth-order valence-electron chi connectivity index (χ4n) is 3.27. The number of anilines is 2. The number of carbonyl (C=O) groups excluding carboxylic acids is 2. The number of furan rings is 1. The molecule has 0 saturated heterocycles. The van der Waals surface area contributed by atoms with Crippen LogP contribution in [0.5, 0.6) is 0 Å². The van der Waals surface area contributed by atoms with E-state index in [4.69, 9.17) is 4.42 Å². The fraction of sp³-hybridized carbons (Fsp3) is 0.111. The van der Waals surface area contributed by atoms with Crippen LogP contribution in [0, 0.1) is 0 Å². The van der Waals surface area contributed by atoms with Gasteiger partial charge in [-0.2, -0.15) is 0 Å². The van der Waals surface area contributed by atoms with Gasteiger partial charge in [-0.05, 0) is 59.5 Å². The normalized spacial score (nSPS) is 11.2. The third-order valence-electron chi connectivity index (χ3n) is 5.09. The maximum atomic E-state index is 12.4. The predicted octanol–water partition coefficient (Wildman–Crippen LogP) is 6.46. The van der Waals surface area contributed by atoms with Crippen LogP contribution in [-0.2, 0) is 4.79 Å². The molecule has 160 valence electrons. The van der Waals surface area contributed by atoms with Gasteiger partial charge in [0.1, 0.15) is 5.58 Å². The molecule has 0 aliphatic carbocycles. The molecule has 0 atom stereocenters. The van der Waals surface area contributed by atoms with Crippen molar-refractivity contribution in [3.05, 3.63) is 102 Å². The van der Waals surface area contributed by atoms with Crippen molar-refractivity contribution < 1.29 is 14.0 Å². The van der Waals surface area contributed by atoms with Crippen molar-refractivity contribution in [3.8, 4) is 0 Å². The molecule has 3 aromatic carbocycles. The minimum Gasteiger partial charge on any atom is -0.451 e. The van der Waals surface area contributed by atoms with Gasteiger partial charge >= 0.3 is 0 Å². The molecule has 0 unspecified atom stereocenters. The first-order valence-corrected chi connectivity index (χ1v) is 10.5. The van der Waals surface area contributed by atoms with Crippen molar-refractivity contribution in [2.45, 2.75) is 19.8 Å². The summed E-state index contributed by atoms with van der Waals surface area (Å²) in [6, 6.07) is 24.2. The first kappa shape index (κ1) is 21.1. The smallest absolute Gasteiger partial charge is 0.291 e. The number of amides is 2. The Kier molecular flexibility index (Phi) is 6.17. The molecule has 4 rings (SSSR count). The van der Waals surface area contributed by atoms with E-state index in [1.165, 1.54) is 11.6 Å². The molecule has 0 aliphatic rings. The quantitative estimate of drug-likeness (QED) is 0.349. The maximum Gasteiger partial charge on any atom is 0.291 e. The lowest BCUT2D eigenvalue weighted by Crippen LogP contribution is -2.11. The highest BCUT2D eigenvalue weighted by Crippen LogP contribution is 2.21. The van der Waals surface area contributed by atoms with E-state index in [2.05, 4.69) is 36.6 Å². The highest BCUT2D eigenvalue weighted by molar-refractivity contribution is 6.05. The Hall–Kier alpha value is -4.12. The Bertz CT molecular complexity index is 1230. The number of hydrogen-bond acceptors (Lipinski definition) is 3. The van der Waals surface area contributed by atoms with E-state index in [-0.39, 0.29) is 17.6 Å². The van der Waals surface area contributed by atoms with Crippen molar-refractivity contribution in [2.24, 2.45) is 0 Å². The summed E-state index contributed by atoms with van der Waals surface area (Å²) < 4.78 is 5.58. The minimum atomic E-state index is -0.329. The van der Waals surface area contributed by atoms with E-state index < -0.39 is 0 Å². The zero-order valence-electron chi connectivity index (χ0n) is 18.0. The zero-order valence-corrected chi connectivity index (χ0v) is 18.0. The van der Waals surface area contributed by atoms with Crippen LogP contribution >= 0.6 is 0 Å². The highest BCUT2D eigenvalue weighted by atomic mass is 16.3. The van der Waals surface area contributed by atoms with Gasteiger partial charge in [-0.1, -0.05) is 56.3 Å². The van der Waals surface area contributed by atoms with Crippen LogP contribution < -0.4 is 10.6 Å². The lowest BCUT2D eigenvalue weighted by atomic mass is 10.0. The lowest BCUT2D eigenvalue weighted by Gasteiger charge is -2.06. The minimum absolute atomic E-state index is 0.225. The number of rotatable bonds is 6. The molecule has 2 N–H and O–H groups in total. The largest absolute Gasteiger partial charge is 0.451 e. The van der Waals surface area contributed by atoms with Crippen LogP contribution in [0.2, 0.25) is 0 Å². The first-order chi connectivity index (χ1) is 15.5. The topological polar surface area (TPSA) is 71.3 Å². The Morgan fingerprint density at radius 1 is 0.844 bits per heavy atom. The fourth-order valence-corrected chi connectivity index (χ4v) is 3.27. The maximum absolute atomic E-state index is 12.4.